The molecular weight excluding hydrogens is 226 g/mol. The molecule has 2 heteroatoms. The first-order chi connectivity index (χ1) is 6.18. The standard InChI is InChI=1S/C11H14BrN/c1-7(13)10-6-11(10)8-2-4-9(12)5-3-8/h2-5,7,10-11H,6,13H2,1H3/t7-,10-,11-/m0/s1. The minimum atomic E-state index is 0.341. The summed E-state index contributed by atoms with van der Waals surface area (Å²) in [5.41, 5.74) is 7.28. The quantitative estimate of drug-likeness (QED) is 0.845. The normalized spacial score (nSPS) is 28.5. The topological polar surface area (TPSA) is 26.0 Å². The Morgan fingerprint density at radius 1 is 1.38 bits per heavy atom. The van der Waals surface area contributed by atoms with Gasteiger partial charge in [-0.3, -0.25) is 0 Å². The Kier molecular flexibility index (Phi) is 2.43. The molecule has 1 aromatic rings. The van der Waals surface area contributed by atoms with Crippen molar-refractivity contribution in [3.63, 3.8) is 0 Å². The van der Waals surface area contributed by atoms with E-state index in [1.54, 1.807) is 0 Å². The molecule has 1 saturated carbocycles. The summed E-state index contributed by atoms with van der Waals surface area (Å²) in [6, 6.07) is 8.93. The van der Waals surface area contributed by atoms with E-state index in [2.05, 4.69) is 47.1 Å². The Balaban J connectivity index is 2.08. The third-order valence-corrected chi connectivity index (χ3v) is 3.34. The Morgan fingerprint density at radius 3 is 2.46 bits per heavy atom. The monoisotopic (exact) mass is 239 g/mol. The predicted octanol–water partition coefficient (Wildman–Crippen LogP) is 2.90. The summed E-state index contributed by atoms with van der Waals surface area (Å²) in [5.74, 6) is 1.43. The Bertz CT molecular complexity index is 291. The number of hydrogen-bond donors (Lipinski definition) is 1. The van der Waals surface area contributed by atoms with E-state index in [4.69, 9.17) is 5.73 Å². The molecule has 0 bridgehead atoms. The number of benzene rings is 1. The molecular formula is C11H14BrN. The van der Waals surface area contributed by atoms with Crippen LogP contribution in [0.25, 0.3) is 0 Å². The molecule has 3 atom stereocenters. The lowest BCUT2D eigenvalue weighted by Crippen LogP contribution is -2.17. The molecule has 0 amide bonds. The van der Waals surface area contributed by atoms with Crippen LogP contribution in [0.5, 0.6) is 0 Å². The Hall–Kier alpha value is -0.340. The van der Waals surface area contributed by atoms with Crippen molar-refractivity contribution in [2.45, 2.75) is 25.3 Å². The van der Waals surface area contributed by atoms with Gasteiger partial charge in [-0.1, -0.05) is 28.1 Å². The SMILES string of the molecule is C[C@H](N)[C@@H]1C[C@H]1c1ccc(Br)cc1. The largest absolute Gasteiger partial charge is 0.328 e. The van der Waals surface area contributed by atoms with Gasteiger partial charge in [0.15, 0.2) is 0 Å². The Morgan fingerprint density at radius 2 is 2.00 bits per heavy atom. The molecule has 70 valence electrons. The van der Waals surface area contributed by atoms with Gasteiger partial charge in [-0.2, -0.15) is 0 Å². The zero-order chi connectivity index (χ0) is 9.42. The maximum absolute atomic E-state index is 5.85. The number of rotatable bonds is 2. The second-order valence-electron chi connectivity index (χ2n) is 3.92. The van der Waals surface area contributed by atoms with Gasteiger partial charge >= 0.3 is 0 Å². The number of hydrogen-bond acceptors (Lipinski definition) is 1. The highest BCUT2D eigenvalue weighted by molar-refractivity contribution is 9.10. The summed E-state index contributed by atoms with van der Waals surface area (Å²) in [7, 11) is 0. The van der Waals surface area contributed by atoms with Crippen LogP contribution in [-0.2, 0) is 0 Å². The highest BCUT2D eigenvalue weighted by Crippen LogP contribution is 2.48. The highest BCUT2D eigenvalue weighted by Gasteiger charge is 2.40. The van der Waals surface area contributed by atoms with E-state index in [0.717, 1.165) is 4.47 Å². The summed E-state index contributed by atoms with van der Waals surface area (Å²) < 4.78 is 1.15. The maximum Gasteiger partial charge on any atom is 0.0175 e. The first kappa shape index (κ1) is 9.22. The third kappa shape index (κ3) is 1.94. The fourth-order valence-electron chi connectivity index (χ4n) is 1.89. The maximum atomic E-state index is 5.85. The van der Waals surface area contributed by atoms with Gasteiger partial charge in [-0.05, 0) is 42.9 Å². The van der Waals surface area contributed by atoms with Gasteiger partial charge in [0.2, 0.25) is 0 Å². The van der Waals surface area contributed by atoms with Gasteiger partial charge in [0.1, 0.15) is 0 Å². The highest BCUT2D eigenvalue weighted by atomic mass is 79.9. The molecule has 1 aliphatic carbocycles. The van der Waals surface area contributed by atoms with Crippen LogP contribution in [0, 0.1) is 5.92 Å². The predicted molar refractivity (Wildman–Crippen MR) is 58.6 cm³/mol. The lowest BCUT2D eigenvalue weighted by molar-refractivity contribution is 0.631. The zero-order valence-electron chi connectivity index (χ0n) is 7.70. The van der Waals surface area contributed by atoms with Crippen molar-refractivity contribution in [2.75, 3.05) is 0 Å². The van der Waals surface area contributed by atoms with Gasteiger partial charge in [-0.15, -0.1) is 0 Å². The fourth-order valence-corrected chi connectivity index (χ4v) is 2.15. The molecule has 1 aromatic carbocycles. The summed E-state index contributed by atoms with van der Waals surface area (Å²) >= 11 is 3.43. The molecule has 13 heavy (non-hydrogen) atoms. The van der Waals surface area contributed by atoms with E-state index in [9.17, 15) is 0 Å². The lowest BCUT2D eigenvalue weighted by atomic mass is 10.1. The van der Waals surface area contributed by atoms with Crippen LogP contribution in [0.4, 0.5) is 0 Å². The van der Waals surface area contributed by atoms with E-state index >= 15 is 0 Å². The van der Waals surface area contributed by atoms with Gasteiger partial charge < -0.3 is 5.73 Å². The fraction of sp³-hybridized carbons (Fsp3) is 0.455. The van der Waals surface area contributed by atoms with Crippen LogP contribution in [0.1, 0.15) is 24.8 Å². The second-order valence-corrected chi connectivity index (χ2v) is 4.83. The average molecular weight is 240 g/mol. The second kappa shape index (κ2) is 3.43. The summed E-state index contributed by atoms with van der Waals surface area (Å²) in [6.07, 6.45) is 1.26. The van der Waals surface area contributed by atoms with Crippen molar-refractivity contribution in [1.29, 1.82) is 0 Å². The molecule has 1 aliphatic rings. The zero-order valence-corrected chi connectivity index (χ0v) is 9.29. The van der Waals surface area contributed by atoms with Crippen LogP contribution < -0.4 is 5.73 Å². The van der Waals surface area contributed by atoms with E-state index in [-0.39, 0.29) is 0 Å². The lowest BCUT2D eigenvalue weighted by Gasteiger charge is -2.03. The summed E-state index contributed by atoms with van der Waals surface area (Å²) in [5, 5.41) is 0. The van der Waals surface area contributed by atoms with Crippen LogP contribution >= 0.6 is 15.9 Å². The van der Waals surface area contributed by atoms with E-state index in [1.165, 1.54) is 12.0 Å². The van der Waals surface area contributed by atoms with E-state index in [0.29, 0.717) is 17.9 Å². The molecule has 1 nitrogen and oxygen atoms in total. The van der Waals surface area contributed by atoms with Crippen LogP contribution in [0.2, 0.25) is 0 Å². The molecule has 1 fully saturated rings. The van der Waals surface area contributed by atoms with Crippen LogP contribution in [0.15, 0.2) is 28.7 Å². The molecule has 0 radical (unpaired) electrons. The molecule has 0 heterocycles. The molecule has 0 spiro atoms. The number of halogens is 1. The van der Waals surface area contributed by atoms with Crippen molar-refractivity contribution in [3.8, 4) is 0 Å². The van der Waals surface area contributed by atoms with Gasteiger partial charge in [0.25, 0.3) is 0 Å². The van der Waals surface area contributed by atoms with Gasteiger partial charge in [0, 0.05) is 10.5 Å². The number of nitrogens with two attached hydrogens (primary N) is 1. The van der Waals surface area contributed by atoms with E-state index in [1.807, 2.05) is 0 Å². The van der Waals surface area contributed by atoms with Crippen LogP contribution in [-0.4, -0.2) is 6.04 Å². The minimum Gasteiger partial charge on any atom is -0.328 e. The molecule has 2 N–H and O–H groups in total. The van der Waals surface area contributed by atoms with Crippen molar-refractivity contribution in [3.05, 3.63) is 34.3 Å². The first-order valence-electron chi connectivity index (χ1n) is 4.69. The smallest absolute Gasteiger partial charge is 0.0175 e. The van der Waals surface area contributed by atoms with Gasteiger partial charge in [0.05, 0.1) is 0 Å². The molecule has 0 aliphatic heterocycles. The van der Waals surface area contributed by atoms with Crippen molar-refractivity contribution < 1.29 is 0 Å². The molecule has 2 rings (SSSR count). The first-order valence-corrected chi connectivity index (χ1v) is 5.49. The Labute approximate surface area is 87.5 Å². The van der Waals surface area contributed by atoms with Gasteiger partial charge in [-0.25, -0.2) is 0 Å². The minimum absolute atomic E-state index is 0.341. The summed E-state index contributed by atoms with van der Waals surface area (Å²) in [6.45, 7) is 2.10. The van der Waals surface area contributed by atoms with Crippen molar-refractivity contribution in [1.82, 2.24) is 0 Å². The van der Waals surface area contributed by atoms with E-state index < -0.39 is 0 Å². The molecule has 0 aromatic heterocycles. The van der Waals surface area contributed by atoms with Crippen molar-refractivity contribution >= 4 is 15.9 Å². The molecule has 0 unspecified atom stereocenters. The van der Waals surface area contributed by atoms with Crippen LogP contribution in [0.3, 0.4) is 0 Å². The summed E-state index contributed by atoms with van der Waals surface area (Å²) in [4.78, 5) is 0. The third-order valence-electron chi connectivity index (χ3n) is 2.81. The molecule has 0 saturated heterocycles. The average Bonchev–Trinajstić information content (AvgIpc) is 2.85. The van der Waals surface area contributed by atoms with Crippen molar-refractivity contribution in [2.24, 2.45) is 11.7 Å².